The molecule has 0 aliphatic carbocycles. The number of benzene rings is 2. The lowest BCUT2D eigenvalue weighted by molar-refractivity contribution is 0.0696. The van der Waals surface area contributed by atoms with Gasteiger partial charge in [-0.05, 0) is 29.8 Å². The van der Waals surface area contributed by atoms with Crippen molar-refractivity contribution in [1.82, 2.24) is 4.90 Å². The Morgan fingerprint density at radius 1 is 1.12 bits per heavy atom. The van der Waals surface area contributed by atoms with Crippen molar-refractivity contribution >= 4 is 33.3 Å². The molecule has 1 amide bonds. The molecule has 6 heteroatoms. The molecule has 0 atom stereocenters. The summed E-state index contributed by atoms with van der Waals surface area (Å²) in [5.74, 6) is -0.554. The highest BCUT2D eigenvalue weighted by Crippen LogP contribution is 2.38. The number of aromatic carboxylic acids is 1. The number of rotatable bonds is 5. The average Bonchev–Trinajstić information content (AvgIpc) is 2.98. The van der Waals surface area contributed by atoms with Crippen LogP contribution in [0.4, 0.5) is 0 Å². The Morgan fingerprint density at radius 2 is 1.88 bits per heavy atom. The Morgan fingerprint density at radius 3 is 2.60 bits per heavy atom. The van der Waals surface area contributed by atoms with Gasteiger partial charge in [-0.1, -0.05) is 24.3 Å². The van der Waals surface area contributed by atoms with E-state index in [1.54, 1.807) is 32.3 Å². The van der Waals surface area contributed by atoms with E-state index in [4.69, 9.17) is 9.84 Å². The fourth-order valence-corrected chi connectivity index (χ4v) is 3.63. The van der Waals surface area contributed by atoms with Gasteiger partial charge in [0.15, 0.2) is 5.75 Å². The smallest absolute Gasteiger partial charge is 0.335 e. The molecule has 3 rings (SSSR count). The van der Waals surface area contributed by atoms with E-state index < -0.39 is 5.97 Å². The molecule has 1 N–H and O–H groups in total. The molecule has 0 saturated heterocycles. The van der Waals surface area contributed by atoms with Crippen molar-refractivity contribution in [2.24, 2.45) is 0 Å². The summed E-state index contributed by atoms with van der Waals surface area (Å²) in [5, 5.41) is 9.97. The van der Waals surface area contributed by atoms with E-state index in [1.807, 2.05) is 24.3 Å². The zero-order chi connectivity index (χ0) is 18.0. The summed E-state index contributed by atoms with van der Waals surface area (Å²) in [6.07, 6.45) is 0. The summed E-state index contributed by atoms with van der Waals surface area (Å²) in [6, 6.07) is 14.3. The number of thiophene rings is 1. The summed E-state index contributed by atoms with van der Waals surface area (Å²) in [7, 11) is 3.40. The third-order valence-electron chi connectivity index (χ3n) is 3.71. The molecule has 0 aliphatic heterocycles. The zero-order valence-electron chi connectivity index (χ0n) is 13.9. The first-order chi connectivity index (χ1) is 12.0. The number of carbonyl (C=O) groups excluding carboxylic acids is 1. The number of carbonyl (C=O) groups is 2. The van der Waals surface area contributed by atoms with Gasteiger partial charge in [-0.15, -0.1) is 11.3 Å². The molecule has 0 bridgehead atoms. The first-order valence-corrected chi connectivity index (χ1v) is 8.47. The summed E-state index contributed by atoms with van der Waals surface area (Å²) >= 11 is 1.39. The van der Waals surface area contributed by atoms with Gasteiger partial charge in [0.1, 0.15) is 11.5 Å². The fraction of sp³-hybridized carbons (Fsp3) is 0.158. The van der Waals surface area contributed by atoms with Crippen LogP contribution >= 0.6 is 11.3 Å². The van der Waals surface area contributed by atoms with E-state index in [9.17, 15) is 9.59 Å². The second kappa shape index (κ2) is 6.94. The highest BCUT2D eigenvalue weighted by Gasteiger charge is 2.21. The summed E-state index contributed by atoms with van der Waals surface area (Å²) < 4.78 is 6.93. The van der Waals surface area contributed by atoms with Crippen molar-refractivity contribution in [2.45, 2.75) is 6.61 Å². The summed E-state index contributed by atoms with van der Waals surface area (Å²) in [4.78, 5) is 25.6. The molecule has 0 fully saturated rings. The predicted octanol–water partition coefficient (Wildman–Crippen LogP) is 3.88. The number of hydrogen-bond acceptors (Lipinski definition) is 4. The molecule has 2 aromatic carbocycles. The molecular formula is C19H17NO4S. The van der Waals surface area contributed by atoms with Gasteiger partial charge in [-0.25, -0.2) is 4.79 Å². The number of nitrogens with zero attached hydrogens (tertiary/aromatic N) is 1. The minimum absolute atomic E-state index is 0.115. The van der Waals surface area contributed by atoms with E-state index in [0.717, 1.165) is 15.6 Å². The fourth-order valence-electron chi connectivity index (χ4n) is 2.46. The van der Waals surface area contributed by atoms with Gasteiger partial charge >= 0.3 is 5.97 Å². The van der Waals surface area contributed by atoms with Crippen LogP contribution in [0, 0.1) is 0 Å². The average molecular weight is 355 g/mol. The first kappa shape index (κ1) is 17.0. The second-order valence-corrected chi connectivity index (χ2v) is 6.80. The number of carboxylic acid groups (broad SMARTS) is 1. The molecule has 1 aromatic heterocycles. The Hall–Kier alpha value is -2.86. The lowest BCUT2D eigenvalue weighted by Gasteiger charge is -2.12. The van der Waals surface area contributed by atoms with Gasteiger partial charge in [-0.2, -0.15) is 0 Å². The maximum Gasteiger partial charge on any atom is 0.335 e. The van der Waals surface area contributed by atoms with Crippen molar-refractivity contribution in [1.29, 1.82) is 0 Å². The first-order valence-electron chi connectivity index (χ1n) is 7.65. The Labute approximate surface area is 149 Å². The molecule has 0 radical (unpaired) electrons. The monoisotopic (exact) mass is 355 g/mol. The van der Waals surface area contributed by atoms with Crippen LogP contribution in [0.25, 0.3) is 10.1 Å². The van der Waals surface area contributed by atoms with Gasteiger partial charge < -0.3 is 14.7 Å². The maximum atomic E-state index is 12.5. The van der Waals surface area contributed by atoms with Crippen molar-refractivity contribution in [3.8, 4) is 5.75 Å². The number of carboxylic acids is 1. The lowest BCUT2D eigenvalue weighted by Crippen LogP contribution is -2.21. The molecule has 0 unspecified atom stereocenters. The van der Waals surface area contributed by atoms with Crippen LogP contribution in [0.15, 0.2) is 48.5 Å². The number of fused-ring (bicyclic) bond motifs is 1. The van der Waals surface area contributed by atoms with E-state index >= 15 is 0 Å². The van der Waals surface area contributed by atoms with Gasteiger partial charge in [0, 0.05) is 24.2 Å². The van der Waals surface area contributed by atoms with Crippen LogP contribution < -0.4 is 4.74 Å². The molecule has 3 aromatic rings. The van der Waals surface area contributed by atoms with Gasteiger partial charge in [0.2, 0.25) is 0 Å². The molecule has 0 aliphatic rings. The molecule has 25 heavy (non-hydrogen) atoms. The Balaban J connectivity index is 1.95. The largest absolute Gasteiger partial charge is 0.487 e. The predicted molar refractivity (Wildman–Crippen MR) is 97.6 cm³/mol. The highest BCUT2D eigenvalue weighted by molar-refractivity contribution is 7.21. The highest BCUT2D eigenvalue weighted by atomic mass is 32.1. The van der Waals surface area contributed by atoms with Crippen LogP contribution in [-0.2, 0) is 6.61 Å². The lowest BCUT2D eigenvalue weighted by atomic mass is 10.1. The molecule has 1 heterocycles. The van der Waals surface area contributed by atoms with Crippen LogP contribution in [-0.4, -0.2) is 36.0 Å². The Bertz CT molecular complexity index is 946. The maximum absolute atomic E-state index is 12.5. The summed E-state index contributed by atoms with van der Waals surface area (Å²) in [6.45, 7) is 0.190. The minimum Gasteiger partial charge on any atom is -0.487 e. The third-order valence-corrected chi connectivity index (χ3v) is 4.85. The normalized spacial score (nSPS) is 10.6. The second-order valence-electron chi connectivity index (χ2n) is 5.75. The van der Waals surface area contributed by atoms with Crippen LogP contribution in [0.2, 0.25) is 0 Å². The zero-order valence-corrected chi connectivity index (χ0v) is 14.7. The van der Waals surface area contributed by atoms with E-state index in [2.05, 4.69) is 0 Å². The van der Waals surface area contributed by atoms with Crippen molar-refractivity contribution < 1.29 is 19.4 Å². The van der Waals surface area contributed by atoms with Gasteiger partial charge in [0.05, 0.1) is 5.56 Å². The van der Waals surface area contributed by atoms with Crippen molar-refractivity contribution in [2.75, 3.05) is 14.1 Å². The minimum atomic E-state index is -0.980. The summed E-state index contributed by atoms with van der Waals surface area (Å²) in [5.41, 5.74) is 0.944. The SMILES string of the molecule is CN(C)C(=O)c1sc2ccccc2c1OCc1cccc(C(=O)O)c1. The molecule has 0 spiro atoms. The molecule has 5 nitrogen and oxygen atoms in total. The number of amides is 1. The number of ether oxygens (including phenoxy) is 1. The third kappa shape index (κ3) is 3.49. The van der Waals surface area contributed by atoms with Gasteiger partial charge in [0.25, 0.3) is 5.91 Å². The quantitative estimate of drug-likeness (QED) is 0.754. The molecule has 128 valence electrons. The van der Waals surface area contributed by atoms with E-state index in [-0.39, 0.29) is 18.1 Å². The van der Waals surface area contributed by atoms with Gasteiger partial charge in [-0.3, -0.25) is 4.79 Å². The Kier molecular flexibility index (Phi) is 4.72. The van der Waals surface area contributed by atoms with E-state index in [0.29, 0.717) is 10.6 Å². The number of hydrogen-bond donors (Lipinski definition) is 1. The van der Waals surface area contributed by atoms with E-state index in [1.165, 1.54) is 22.3 Å². The van der Waals surface area contributed by atoms with Crippen LogP contribution in [0.3, 0.4) is 0 Å². The van der Waals surface area contributed by atoms with Crippen LogP contribution in [0.1, 0.15) is 25.6 Å². The topological polar surface area (TPSA) is 66.8 Å². The van der Waals surface area contributed by atoms with Crippen molar-refractivity contribution in [3.05, 3.63) is 64.5 Å². The van der Waals surface area contributed by atoms with Crippen molar-refractivity contribution in [3.63, 3.8) is 0 Å². The molecular weight excluding hydrogens is 338 g/mol. The molecule has 0 saturated carbocycles. The standard InChI is InChI=1S/C19H17NO4S/c1-20(2)18(21)17-16(14-8-3-4-9-15(14)25-17)24-11-12-6-5-7-13(10-12)19(22)23/h3-10H,11H2,1-2H3,(H,22,23). The van der Waals surface area contributed by atoms with Crippen LogP contribution in [0.5, 0.6) is 5.75 Å².